The summed E-state index contributed by atoms with van der Waals surface area (Å²) in [6, 6.07) is 0. The number of ether oxygens (including phenoxy) is 8. The molecule has 0 aromatic rings. The number of hydrogen-bond donors (Lipinski definition) is 2. The Hall–Kier alpha value is -0.890. The highest BCUT2D eigenvalue weighted by Crippen LogP contribution is 2.13. The van der Waals surface area contributed by atoms with Gasteiger partial charge in [-0.15, -0.1) is 0 Å². The van der Waals surface area contributed by atoms with Gasteiger partial charge in [0.1, 0.15) is 12.7 Å². The minimum atomic E-state index is -1.05. The Morgan fingerprint density at radius 2 is 0.745 bits per heavy atom. The van der Waals surface area contributed by atoms with Crippen molar-refractivity contribution in [2.24, 2.45) is 0 Å². The maximum absolute atomic E-state index is 11.4. The summed E-state index contributed by atoms with van der Waals surface area (Å²) in [5, 5.41) is 17.8. The van der Waals surface area contributed by atoms with Crippen molar-refractivity contribution in [2.45, 2.75) is 122 Å². The van der Waals surface area contributed by atoms with E-state index in [2.05, 4.69) is 6.92 Å². The molecule has 47 heavy (non-hydrogen) atoms. The van der Waals surface area contributed by atoms with Gasteiger partial charge in [-0.3, -0.25) is 4.79 Å². The third-order valence-electron chi connectivity index (χ3n) is 7.47. The van der Waals surface area contributed by atoms with Gasteiger partial charge in [-0.05, 0) is 6.42 Å². The number of hydrogen-bond acceptors (Lipinski definition) is 11. The van der Waals surface area contributed by atoms with E-state index in [4.69, 9.17) is 48.1 Å². The van der Waals surface area contributed by atoms with E-state index < -0.39 is 18.7 Å². The third-order valence-corrected chi connectivity index (χ3v) is 7.47. The third kappa shape index (κ3) is 41.2. The van der Waals surface area contributed by atoms with Crippen LogP contribution in [0.15, 0.2) is 0 Å². The van der Waals surface area contributed by atoms with Crippen LogP contribution in [-0.4, -0.2) is 128 Å². The monoisotopic (exact) mass is 681 g/mol. The summed E-state index contributed by atoms with van der Waals surface area (Å²) in [4.78, 5) is 11.4. The van der Waals surface area contributed by atoms with Gasteiger partial charge in [0.2, 0.25) is 0 Å². The lowest BCUT2D eigenvalue weighted by Crippen LogP contribution is -2.22. The molecule has 11 heteroatoms. The molecule has 282 valence electrons. The van der Waals surface area contributed by atoms with Crippen molar-refractivity contribution in [3.8, 4) is 0 Å². The van der Waals surface area contributed by atoms with E-state index in [1.165, 1.54) is 96.3 Å². The quantitative estimate of drug-likeness (QED) is 0.0614. The first-order valence-corrected chi connectivity index (χ1v) is 18.7. The summed E-state index contributed by atoms with van der Waals surface area (Å²) in [5.41, 5.74) is 0. The minimum absolute atomic E-state index is 0.0785. The molecular formula is C36H72O11. The number of aliphatic hydroxyl groups excluding tert-OH is 2. The van der Waals surface area contributed by atoms with Crippen molar-refractivity contribution in [1.82, 2.24) is 0 Å². The zero-order valence-electron chi connectivity index (χ0n) is 30.0. The Kier molecular flexibility index (Phi) is 40.5. The Bertz CT molecular complexity index is 597. The Morgan fingerprint density at radius 1 is 0.447 bits per heavy atom. The van der Waals surface area contributed by atoms with Gasteiger partial charge < -0.3 is 48.1 Å². The molecule has 0 amide bonds. The molecule has 0 radical (unpaired) electrons. The van der Waals surface area contributed by atoms with Crippen LogP contribution in [0.1, 0.15) is 116 Å². The van der Waals surface area contributed by atoms with Crippen molar-refractivity contribution < 1.29 is 52.9 Å². The molecule has 0 aliphatic carbocycles. The molecule has 0 saturated heterocycles. The summed E-state index contributed by atoms with van der Waals surface area (Å²) in [5.74, 6) is -0.485. The standard InChI is InChI=1S/C36H72O11/c1-2-3-4-5-6-7-8-9-10-11-12-13-14-15-16-17-19-40-21-23-42-25-27-44-29-31-46-32-30-45-28-26-43-24-22-41-20-18-36(39)47-34-35(38)33-37/h35,37-38H,2-34H2,1H3. The van der Waals surface area contributed by atoms with E-state index in [0.29, 0.717) is 79.3 Å². The molecule has 0 bridgehead atoms. The van der Waals surface area contributed by atoms with E-state index in [1.54, 1.807) is 0 Å². The fraction of sp³-hybridized carbons (Fsp3) is 0.972. The predicted octanol–water partition coefficient (Wildman–Crippen LogP) is 5.65. The molecule has 0 spiro atoms. The molecule has 1 atom stereocenters. The van der Waals surface area contributed by atoms with Crippen molar-refractivity contribution in [2.75, 3.05) is 106 Å². The average Bonchev–Trinajstić information content (AvgIpc) is 3.08. The zero-order valence-corrected chi connectivity index (χ0v) is 30.0. The molecule has 0 aliphatic rings. The van der Waals surface area contributed by atoms with Crippen molar-refractivity contribution >= 4 is 5.97 Å². The highest BCUT2D eigenvalue weighted by Gasteiger charge is 2.07. The fourth-order valence-corrected chi connectivity index (χ4v) is 4.64. The fourth-order valence-electron chi connectivity index (χ4n) is 4.64. The van der Waals surface area contributed by atoms with Gasteiger partial charge in [0.15, 0.2) is 0 Å². The number of unbranched alkanes of at least 4 members (excludes halogenated alkanes) is 15. The van der Waals surface area contributed by atoms with Crippen LogP contribution in [0.5, 0.6) is 0 Å². The first kappa shape index (κ1) is 46.1. The van der Waals surface area contributed by atoms with Crippen molar-refractivity contribution in [3.63, 3.8) is 0 Å². The van der Waals surface area contributed by atoms with Crippen LogP contribution >= 0.6 is 0 Å². The lowest BCUT2D eigenvalue weighted by molar-refractivity contribution is -0.148. The highest BCUT2D eigenvalue weighted by atomic mass is 16.6. The SMILES string of the molecule is CCCCCCCCCCCCCCCCCCOCCOCCOCCOCCOCCOCCOCCC(=O)OCC(O)CO. The highest BCUT2D eigenvalue weighted by molar-refractivity contribution is 5.69. The molecule has 0 heterocycles. The van der Waals surface area contributed by atoms with Crippen LogP contribution in [-0.2, 0) is 42.7 Å². The average molecular weight is 681 g/mol. The zero-order chi connectivity index (χ0) is 34.1. The second-order valence-electron chi connectivity index (χ2n) is 11.9. The molecule has 0 aromatic carbocycles. The minimum Gasteiger partial charge on any atom is -0.463 e. The van der Waals surface area contributed by atoms with Gasteiger partial charge in [-0.2, -0.15) is 0 Å². The van der Waals surface area contributed by atoms with Gasteiger partial charge in [0.25, 0.3) is 0 Å². The Balaban J connectivity index is 3.09. The lowest BCUT2D eigenvalue weighted by atomic mass is 10.0. The topological polar surface area (TPSA) is 131 Å². The van der Waals surface area contributed by atoms with Crippen molar-refractivity contribution in [3.05, 3.63) is 0 Å². The molecule has 1 unspecified atom stereocenters. The number of esters is 1. The first-order chi connectivity index (χ1) is 23.2. The molecule has 11 nitrogen and oxygen atoms in total. The molecule has 0 fully saturated rings. The van der Waals surface area contributed by atoms with Gasteiger partial charge in [0, 0.05) is 6.61 Å². The van der Waals surface area contributed by atoms with Crippen molar-refractivity contribution in [1.29, 1.82) is 0 Å². The summed E-state index contributed by atoms with van der Waals surface area (Å²) in [7, 11) is 0. The number of aliphatic hydroxyl groups is 2. The van der Waals surface area contributed by atoms with E-state index in [-0.39, 0.29) is 19.6 Å². The second kappa shape index (κ2) is 41.3. The second-order valence-corrected chi connectivity index (χ2v) is 11.9. The van der Waals surface area contributed by atoms with E-state index in [1.807, 2.05) is 0 Å². The summed E-state index contributed by atoms with van der Waals surface area (Å²) in [6.07, 6.45) is 21.1. The predicted molar refractivity (Wildman–Crippen MR) is 184 cm³/mol. The lowest BCUT2D eigenvalue weighted by Gasteiger charge is -2.09. The first-order valence-electron chi connectivity index (χ1n) is 18.7. The van der Waals surface area contributed by atoms with E-state index >= 15 is 0 Å². The van der Waals surface area contributed by atoms with Gasteiger partial charge in [-0.1, -0.05) is 103 Å². The van der Waals surface area contributed by atoms with Gasteiger partial charge in [0.05, 0.1) is 98.9 Å². The molecule has 0 aromatic heterocycles. The number of rotatable bonds is 41. The Labute approximate surface area is 286 Å². The normalized spacial score (nSPS) is 12.1. The summed E-state index contributed by atoms with van der Waals surface area (Å²) < 4.78 is 43.1. The molecular weight excluding hydrogens is 608 g/mol. The van der Waals surface area contributed by atoms with Crippen LogP contribution in [0, 0.1) is 0 Å². The Morgan fingerprint density at radius 3 is 1.09 bits per heavy atom. The van der Waals surface area contributed by atoms with Crippen LogP contribution < -0.4 is 0 Å². The molecule has 2 N–H and O–H groups in total. The maximum Gasteiger partial charge on any atom is 0.308 e. The van der Waals surface area contributed by atoms with Crippen LogP contribution in [0.4, 0.5) is 0 Å². The molecule has 0 aliphatic heterocycles. The number of carbonyl (C=O) groups is 1. The summed E-state index contributed by atoms with van der Waals surface area (Å²) in [6.45, 7) is 8.63. The van der Waals surface area contributed by atoms with E-state index in [9.17, 15) is 4.79 Å². The summed E-state index contributed by atoms with van der Waals surface area (Å²) >= 11 is 0. The largest absolute Gasteiger partial charge is 0.463 e. The smallest absolute Gasteiger partial charge is 0.308 e. The molecule has 0 rings (SSSR count). The van der Waals surface area contributed by atoms with Crippen LogP contribution in [0.3, 0.4) is 0 Å². The van der Waals surface area contributed by atoms with Crippen LogP contribution in [0.25, 0.3) is 0 Å². The molecule has 0 saturated carbocycles. The van der Waals surface area contributed by atoms with Crippen LogP contribution in [0.2, 0.25) is 0 Å². The van der Waals surface area contributed by atoms with Gasteiger partial charge >= 0.3 is 5.97 Å². The van der Waals surface area contributed by atoms with E-state index in [0.717, 1.165) is 13.0 Å². The number of carbonyl (C=O) groups excluding carboxylic acids is 1. The van der Waals surface area contributed by atoms with Gasteiger partial charge in [-0.25, -0.2) is 0 Å². The maximum atomic E-state index is 11.4.